The number of nitrogens with zero attached hydrogens (tertiary/aromatic N) is 2. The summed E-state index contributed by atoms with van der Waals surface area (Å²) in [4.78, 5) is 14.3. The van der Waals surface area contributed by atoms with Crippen LogP contribution >= 0.6 is 11.3 Å². The lowest BCUT2D eigenvalue weighted by atomic mass is 9.93. The molecule has 1 aromatic heterocycles. The molecule has 0 unspecified atom stereocenters. The van der Waals surface area contributed by atoms with E-state index in [-0.39, 0.29) is 5.91 Å². The molecule has 1 saturated heterocycles. The molecule has 0 aromatic carbocycles. The van der Waals surface area contributed by atoms with Gasteiger partial charge in [0.1, 0.15) is 11.1 Å². The molecule has 5 nitrogen and oxygen atoms in total. The first-order valence-electron chi connectivity index (χ1n) is 7.42. The lowest BCUT2D eigenvalue weighted by Gasteiger charge is -2.31. The topological polar surface area (TPSA) is 82.2 Å². The maximum absolute atomic E-state index is 11.9. The van der Waals surface area contributed by atoms with Crippen LogP contribution in [0.5, 0.6) is 0 Å². The van der Waals surface area contributed by atoms with E-state index in [2.05, 4.69) is 16.3 Å². The number of carbonyl (C=O) groups is 1. The minimum atomic E-state index is -0.0157. The van der Waals surface area contributed by atoms with Gasteiger partial charge in [0.2, 0.25) is 5.91 Å². The van der Waals surface area contributed by atoms with Crippen molar-refractivity contribution in [3.8, 4) is 6.07 Å². The Morgan fingerprint density at radius 2 is 2.29 bits per heavy atom. The Labute approximate surface area is 129 Å². The summed E-state index contributed by atoms with van der Waals surface area (Å²) in [5.41, 5.74) is 6.13. The van der Waals surface area contributed by atoms with Gasteiger partial charge in [0.15, 0.2) is 0 Å². The maximum atomic E-state index is 11.9. The summed E-state index contributed by atoms with van der Waals surface area (Å²) in [6.07, 6.45) is 3.96. The Morgan fingerprint density at radius 1 is 1.52 bits per heavy atom. The number of piperidine rings is 1. The Kier molecular flexibility index (Phi) is 6.18. The van der Waals surface area contributed by atoms with Crippen molar-refractivity contribution >= 4 is 22.2 Å². The van der Waals surface area contributed by atoms with Crippen molar-refractivity contribution in [1.29, 1.82) is 5.26 Å². The van der Waals surface area contributed by atoms with Crippen LogP contribution in [0.3, 0.4) is 0 Å². The number of nitrogens with two attached hydrogens (primary N) is 1. The molecule has 0 radical (unpaired) electrons. The quantitative estimate of drug-likeness (QED) is 0.842. The molecular formula is C15H22N4OS. The first-order chi connectivity index (χ1) is 10.2. The molecule has 1 amide bonds. The maximum Gasteiger partial charge on any atom is 0.226 e. The molecule has 1 fully saturated rings. The highest BCUT2D eigenvalue weighted by Gasteiger charge is 2.19. The fourth-order valence-electron chi connectivity index (χ4n) is 2.68. The molecule has 6 heteroatoms. The molecule has 0 spiro atoms. The van der Waals surface area contributed by atoms with Crippen molar-refractivity contribution < 1.29 is 4.79 Å². The summed E-state index contributed by atoms with van der Waals surface area (Å²) in [7, 11) is 0. The molecule has 0 bridgehead atoms. The standard InChI is InChI=1S/C15H22N4OS/c16-6-1-12-2-7-19(8-3-12)9-4-14(20)18-15-13(11-17)5-10-21-15/h5,10,12H,1-4,6-9,16H2,(H,18,20). The number of hydrogen-bond acceptors (Lipinski definition) is 5. The Hall–Kier alpha value is -1.42. The molecule has 1 aliphatic heterocycles. The molecular weight excluding hydrogens is 284 g/mol. The normalized spacial score (nSPS) is 16.6. The highest BCUT2D eigenvalue weighted by Crippen LogP contribution is 2.23. The van der Waals surface area contributed by atoms with Gasteiger partial charge in [-0.15, -0.1) is 11.3 Å². The summed E-state index contributed by atoms with van der Waals surface area (Å²) in [5, 5.41) is 14.2. The van der Waals surface area contributed by atoms with E-state index in [1.807, 2.05) is 5.38 Å². The zero-order valence-electron chi connectivity index (χ0n) is 12.2. The molecule has 2 heterocycles. The minimum Gasteiger partial charge on any atom is -0.330 e. The van der Waals surface area contributed by atoms with Gasteiger partial charge in [-0.2, -0.15) is 5.26 Å². The van der Waals surface area contributed by atoms with E-state index in [0.717, 1.165) is 38.5 Å². The fraction of sp³-hybridized carbons (Fsp3) is 0.600. The lowest BCUT2D eigenvalue weighted by molar-refractivity contribution is -0.116. The first-order valence-corrected chi connectivity index (χ1v) is 8.30. The number of thiophene rings is 1. The molecule has 2 rings (SSSR count). The number of likely N-dealkylation sites (tertiary alicyclic amines) is 1. The number of anilines is 1. The summed E-state index contributed by atoms with van der Waals surface area (Å²) in [5.74, 6) is 0.738. The smallest absolute Gasteiger partial charge is 0.226 e. The van der Waals surface area contributed by atoms with E-state index in [1.165, 1.54) is 24.2 Å². The second-order valence-electron chi connectivity index (χ2n) is 5.44. The van der Waals surface area contributed by atoms with Gasteiger partial charge in [-0.3, -0.25) is 4.79 Å². The van der Waals surface area contributed by atoms with Crippen LogP contribution in [-0.4, -0.2) is 37.0 Å². The second kappa shape index (κ2) is 8.13. The zero-order chi connectivity index (χ0) is 15.1. The van der Waals surface area contributed by atoms with E-state index in [1.54, 1.807) is 6.07 Å². The molecule has 1 aliphatic rings. The van der Waals surface area contributed by atoms with Crippen LogP contribution in [0.25, 0.3) is 0 Å². The predicted octanol–water partition coefficient (Wildman–Crippen LogP) is 2.01. The molecule has 3 N–H and O–H groups in total. The van der Waals surface area contributed by atoms with E-state index in [9.17, 15) is 4.79 Å². The highest BCUT2D eigenvalue weighted by atomic mass is 32.1. The number of nitrogens with one attached hydrogen (secondary N) is 1. The van der Waals surface area contributed by atoms with Gasteiger partial charge in [-0.25, -0.2) is 0 Å². The van der Waals surface area contributed by atoms with E-state index in [0.29, 0.717) is 17.0 Å². The van der Waals surface area contributed by atoms with Gasteiger partial charge in [-0.05, 0) is 56.3 Å². The molecule has 1 aromatic rings. The zero-order valence-corrected chi connectivity index (χ0v) is 13.0. The third-order valence-electron chi connectivity index (χ3n) is 3.98. The molecule has 0 saturated carbocycles. The van der Waals surface area contributed by atoms with Crippen molar-refractivity contribution in [2.45, 2.75) is 25.7 Å². The average Bonchev–Trinajstić information content (AvgIpc) is 2.94. The van der Waals surface area contributed by atoms with E-state index < -0.39 is 0 Å². The lowest BCUT2D eigenvalue weighted by Crippen LogP contribution is -2.36. The van der Waals surface area contributed by atoms with Crippen molar-refractivity contribution in [3.05, 3.63) is 17.0 Å². The summed E-state index contributed by atoms with van der Waals surface area (Å²) < 4.78 is 0. The second-order valence-corrected chi connectivity index (χ2v) is 6.35. The van der Waals surface area contributed by atoms with Gasteiger partial charge >= 0.3 is 0 Å². The SMILES string of the molecule is N#Cc1ccsc1NC(=O)CCN1CCC(CCN)CC1. The molecule has 0 aliphatic carbocycles. The minimum absolute atomic E-state index is 0.0157. The summed E-state index contributed by atoms with van der Waals surface area (Å²) in [6, 6.07) is 3.80. The first kappa shape index (κ1) is 16.0. The molecule has 21 heavy (non-hydrogen) atoms. The van der Waals surface area contributed by atoms with Crippen LogP contribution in [0.4, 0.5) is 5.00 Å². The number of rotatable bonds is 6. The van der Waals surface area contributed by atoms with Crippen LogP contribution in [0.2, 0.25) is 0 Å². The molecule has 114 valence electrons. The number of carbonyl (C=O) groups excluding carboxylic acids is 1. The third-order valence-corrected chi connectivity index (χ3v) is 4.81. The van der Waals surface area contributed by atoms with Gasteiger partial charge < -0.3 is 16.0 Å². The fourth-order valence-corrected chi connectivity index (χ4v) is 3.43. The Balaban J connectivity index is 1.69. The van der Waals surface area contributed by atoms with Crippen LogP contribution < -0.4 is 11.1 Å². The number of nitriles is 1. The van der Waals surface area contributed by atoms with Crippen LogP contribution in [0.1, 0.15) is 31.2 Å². The number of amides is 1. The summed E-state index contributed by atoms with van der Waals surface area (Å²) >= 11 is 1.39. The van der Waals surface area contributed by atoms with Crippen LogP contribution in [-0.2, 0) is 4.79 Å². The third kappa shape index (κ3) is 4.81. The van der Waals surface area contributed by atoms with E-state index in [4.69, 9.17) is 11.0 Å². The largest absolute Gasteiger partial charge is 0.330 e. The van der Waals surface area contributed by atoms with Gasteiger partial charge in [0, 0.05) is 13.0 Å². The van der Waals surface area contributed by atoms with Crippen molar-refractivity contribution in [3.63, 3.8) is 0 Å². The average molecular weight is 306 g/mol. The van der Waals surface area contributed by atoms with Gasteiger partial charge in [0.25, 0.3) is 0 Å². The van der Waals surface area contributed by atoms with Crippen LogP contribution in [0.15, 0.2) is 11.4 Å². The van der Waals surface area contributed by atoms with Crippen molar-refractivity contribution in [2.75, 3.05) is 31.5 Å². The Morgan fingerprint density at radius 3 is 2.95 bits per heavy atom. The van der Waals surface area contributed by atoms with Crippen LogP contribution in [0, 0.1) is 17.2 Å². The Bertz CT molecular complexity index is 500. The number of hydrogen-bond donors (Lipinski definition) is 2. The predicted molar refractivity (Wildman–Crippen MR) is 85.1 cm³/mol. The summed E-state index contributed by atoms with van der Waals surface area (Å²) in [6.45, 7) is 3.67. The van der Waals surface area contributed by atoms with E-state index >= 15 is 0 Å². The van der Waals surface area contributed by atoms with Gasteiger partial charge in [0.05, 0.1) is 5.56 Å². The molecule has 0 atom stereocenters. The van der Waals surface area contributed by atoms with Crippen molar-refractivity contribution in [2.24, 2.45) is 11.7 Å². The van der Waals surface area contributed by atoms with Gasteiger partial charge in [-0.1, -0.05) is 0 Å². The highest BCUT2D eigenvalue weighted by molar-refractivity contribution is 7.14. The monoisotopic (exact) mass is 306 g/mol. The van der Waals surface area contributed by atoms with Crippen molar-refractivity contribution in [1.82, 2.24) is 4.90 Å².